The van der Waals surface area contributed by atoms with Gasteiger partial charge in [0.2, 0.25) is 17.4 Å². The second kappa shape index (κ2) is 9.16. The number of carboxylic acids is 1. The van der Waals surface area contributed by atoms with Crippen molar-refractivity contribution in [2.45, 2.75) is 37.1 Å². The molecular formula is C21H26FN8O6S2+. The maximum Gasteiger partial charge on any atom is 0.358 e. The average molecular weight is 570 g/mol. The number of nitrogens with zero attached hydrogens (tertiary/aromatic N) is 5. The Kier molecular flexibility index (Phi) is 6.34. The summed E-state index contributed by atoms with van der Waals surface area (Å²) in [7, 11) is 0. The third-order valence-corrected chi connectivity index (χ3v) is 10.1. The Balaban J connectivity index is 1.41. The molecule has 6 rings (SSSR count). The Hall–Kier alpha value is -3.31. The minimum Gasteiger partial charge on any atom is -0.476 e. The lowest BCUT2D eigenvalue weighted by atomic mass is 9.69. The summed E-state index contributed by atoms with van der Waals surface area (Å²) in [5, 5.41) is 15.6. The highest BCUT2D eigenvalue weighted by Gasteiger charge is 2.66. The molecule has 0 spiro atoms. The van der Waals surface area contributed by atoms with Crippen LogP contribution >= 0.6 is 23.3 Å². The van der Waals surface area contributed by atoms with Crippen molar-refractivity contribution in [2.75, 3.05) is 38.0 Å². The van der Waals surface area contributed by atoms with Gasteiger partial charge in [-0.3, -0.25) is 23.8 Å². The Labute approximate surface area is 224 Å². The zero-order valence-corrected chi connectivity index (χ0v) is 21.9. The highest BCUT2D eigenvalue weighted by molar-refractivity contribution is 8.00. The number of fused-ring (bicyclic) bond motifs is 4. The number of primary amides is 1. The Morgan fingerprint density at radius 2 is 1.97 bits per heavy atom. The van der Waals surface area contributed by atoms with E-state index in [1.54, 1.807) is 0 Å². The number of thioether (sulfide) groups is 1. The molecular weight excluding hydrogens is 543 g/mol. The number of nitrogens with two attached hydrogens (primary N) is 2. The zero-order valence-electron chi connectivity index (χ0n) is 20.3. The minimum atomic E-state index is -1.49. The van der Waals surface area contributed by atoms with Crippen LogP contribution in [0.25, 0.3) is 0 Å². The molecule has 1 aromatic heterocycles. The molecule has 1 aromatic rings. The number of β-lactam (4-membered cyclic amide) rings is 1. The topological polar surface area (TPSA) is 203 Å². The summed E-state index contributed by atoms with van der Waals surface area (Å²) in [5.74, 6) is -2.96. The first kappa shape index (κ1) is 26.3. The minimum absolute atomic E-state index is 0.0421. The Morgan fingerprint density at radius 1 is 1.32 bits per heavy atom. The van der Waals surface area contributed by atoms with Crippen LogP contribution in [0.4, 0.5) is 9.52 Å². The number of amides is 3. The molecule has 17 heteroatoms. The highest BCUT2D eigenvalue weighted by Crippen LogP contribution is 2.52. The third kappa shape index (κ3) is 3.82. The van der Waals surface area contributed by atoms with Crippen LogP contribution in [0.15, 0.2) is 16.5 Å². The van der Waals surface area contributed by atoms with Crippen molar-refractivity contribution in [3.63, 3.8) is 0 Å². The molecule has 6 heterocycles. The van der Waals surface area contributed by atoms with Gasteiger partial charge >= 0.3 is 5.97 Å². The van der Waals surface area contributed by atoms with E-state index in [2.05, 4.69) is 24.7 Å². The molecule has 5 aliphatic heterocycles. The number of rotatable bonds is 8. The van der Waals surface area contributed by atoms with E-state index >= 15 is 0 Å². The largest absolute Gasteiger partial charge is 0.476 e. The second-order valence-corrected chi connectivity index (χ2v) is 11.8. The van der Waals surface area contributed by atoms with Gasteiger partial charge in [-0.25, -0.2) is 9.18 Å². The summed E-state index contributed by atoms with van der Waals surface area (Å²) >= 11 is 2.13. The lowest BCUT2D eigenvalue weighted by Crippen LogP contribution is -2.79. The lowest BCUT2D eigenvalue weighted by molar-refractivity contribution is -0.909. The fourth-order valence-corrected chi connectivity index (χ4v) is 7.86. The monoisotopic (exact) mass is 569 g/mol. The number of nitrogen functional groups attached to an aromatic ring is 1. The molecule has 3 amide bonds. The predicted octanol–water partition coefficient (Wildman–Crippen LogP) is -0.660. The van der Waals surface area contributed by atoms with Crippen LogP contribution in [0.5, 0.6) is 0 Å². The number of nitrogens with one attached hydrogen (secondary N) is 1. The second-order valence-electron chi connectivity index (χ2n) is 9.94. The van der Waals surface area contributed by atoms with Crippen molar-refractivity contribution >= 4 is 57.8 Å². The summed E-state index contributed by atoms with van der Waals surface area (Å²) in [6, 6.07) is 0. The number of hydrogen-bond donors (Lipinski definition) is 4. The van der Waals surface area contributed by atoms with Gasteiger partial charge in [0.15, 0.2) is 16.5 Å². The van der Waals surface area contributed by atoms with E-state index in [0.29, 0.717) is 54.8 Å². The van der Waals surface area contributed by atoms with E-state index in [0.717, 1.165) is 11.5 Å². The van der Waals surface area contributed by atoms with Crippen LogP contribution in [0.3, 0.4) is 0 Å². The van der Waals surface area contributed by atoms with E-state index in [9.17, 15) is 28.7 Å². The molecule has 0 saturated carbocycles. The van der Waals surface area contributed by atoms with Crippen molar-refractivity contribution in [1.29, 1.82) is 0 Å². The number of carbonyl (C=O) groups excluding carboxylic acids is 3. The SMILES string of the molecule is C[C@@]1(NC(=O)/C(=N\OCF)c2nsc(N)n2)C(=O)N2C(C(=O)O)=C([N+]34CCC(C(N)=O)(CC3)CC4)CS[C@H]21. The molecule has 0 unspecified atom stereocenters. The van der Waals surface area contributed by atoms with Crippen molar-refractivity contribution in [1.82, 2.24) is 19.6 Å². The number of alkyl halides is 1. The van der Waals surface area contributed by atoms with Crippen molar-refractivity contribution in [3.05, 3.63) is 17.2 Å². The molecule has 2 bridgehead atoms. The fourth-order valence-electron chi connectivity index (χ4n) is 5.85. The van der Waals surface area contributed by atoms with Gasteiger partial charge in [0.05, 0.1) is 30.8 Å². The van der Waals surface area contributed by atoms with Crippen molar-refractivity contribution < 1.29 is 38.0 Å². The van der Waals surface area contributed by atoms with E-state index < -0.39 is 46.7 Å². The molecule has 0 aromatic carbocycles. The lowest BCUT2D eigenvalue weighted by Gasteiger charge is -2.59. The Bertz CT molecular complexity index is 1280. The zero-order chi connectivity index (χ0) is 27.5. The first-order valence-electron chi connectivity index (χ1n) is 11.7. The first-order chi connectivity index (χ1) is 18.0. The van der Waals surface area contributed by atoms with E-state index in [-0.39, 0.29) is 22.6 Å². The van der Waals surface area contributed by atoms with Crippen LogP contribution in [-0.2, 0) is 24.0 Å². The Morgan fingerprint density at radius 3 is 2.50 bits per heavy atom. The summed E-state index contributed by atoms with van der Waals surface area (Å²) < 4.78 is 16.9. The number of carbonyl (C=O) groups is 4. The van der Waals surface area contributed by atoms with Gasteiger partial charge in [-0.2, -0.15) is 9.36 Å². The summed E-state index contributed by atoms with van der Waals surface area (Å²) in [4.78, 5) is 60.6. The van der Waals surface area contributed by atoms with E-state index in [1.165, 1.54) is 23.6 Å². The molecule has 204 valence electrons. The standard InChI is InChI=1S/C21H25FN8O6S2/c1-20(26-14(31)11(27-36-9-22)13-25-19(24)38-28-13)17(35)29-12(15(32)33)10(8-37-18(20)29)30-5-2-21(3-6-30,4-7-30)16(23)34/h18H,2-9H2,1H3,(H5-,23,24,25,26,28,31,32,33,34)/p+1/b27-11-/t18-,20+,21?,30?/m0/s1. The van der Waals surface area contributed by atoms with Crippen molar-refractivity contribution in [3.8, 4) is 0 Å². The quantitative estimate of drug-likeness (QED) is 0.135. The number of aromatic nitrogens is 2. The average Bonchev–Trinajstić information content (AvgIpc) is 3.34. The molecule has 4 saturated heterocycles. The van der Waals surface area contributed by atoms with Gasteiger partial charge in [0.1, 0.15) is 10.9 Å². The maximum atomic E-state index is 13.5. The highest BCUT2D eigenvalue weighted by atomic mass is 32.2. The van der Waals surface area contributed by atoms with Crippen LogP contribution in [0.2, 0.25) is 0 Å². The summed E-state index contributed by atoms with van der Waals surface area (Å²) in [5.41, 5.74) is 9.26. The fraction of sp³-hybridized carbons (Fsp3) is 0.571. The van der Waals surface area contributed by atoms with Gasteiger partial charge < -0.3 is 26.7 Å². The molecule has 6 N–H and O–H groups in total. The number of anilines is 1. The molecule has 2 atom stereocenters. The van der Waals surface area contributed by atoms with Gasteiger partial charge in [-0.05, 0) is 6.92 Å². The first-order valence-corrected chi connectivity index (χ1v) is 13.6. The van der Waals surface area contributed by atoms with Gasteiger partial charge in [-0.1, -0.05) is 5.16 Å². The smallest absolute Gasteiger partial charge is 0.358 e. The molecule has 38 heavy (non-hydrogen) atoms. The number of hydrogen-bond acceptors (Lipinski definition) is 11. The van der Waals surface area contributed by atoms with Crippen LogP contribution in [0, 0.1) is 5.41 Å². The number of carboxylic acid groups (broad SMARTS) is 1. The molecule has 5 aliphatic rings. The van der Waals surface area contributed by atoms with Crippen LogP contribution < -0.4 is 16.8 Å². The van der Waals surface area contributed by atoms with Gasteiger partial charge in [0.25, 0.3) is 18.7 Å². The summed E-state index contributed by atoms with van der Waals surface area (Å²) in [6.07, 6.45) is 1.69. The maximum absolute atomic E-state index is 13.5. The van der Waals surface area contributed by atoms with E-state index in [1.807, 2.05) is 0 Å². The van der Waals surface area contributed by atoms with Crippen molar-refractivity contribution in [2.24, 2.45) is 16.3 Å². The number of piperidine rings is 3. The third-order valence-electron chi connectivity index (χ3n) is 8.08. The number of quaternary nitrogens is 1. The van der Waals surface area contributed by atoms with Gasteiger partial charge in [-0.15, -0.1) is 11.8 Å². The van der Waals surface area contributed by atoms with E-state index in [4.69, 9.17) is 11.5 Å². The molecule has 4 fully saturated rings. The van der Waals surface area contributed by atoms with Crippen LogP contribution in [0.1, 0.15) is 32.0 Å². The summed E-state index contributed by atoms with van der Waals surface area (Å²) in [6.45, 7) is 1.87. The molecule has 14 nitrogen and oxygen atoms in total. The predicted molar refractivity (Wildman–Crippen MR) is 133 cm³/mol. The van der Waals surface area contributed by atoms with Crippen LogP contribution in [-0.4, -0.2) is 96.4 Å². The number of aliphatic carboxylic acids is 1. The van der Waals surface area contributed by atoms with Gasteiger partial charge in [0, 0.05) is 30.8 Å². The molecule has 0 aliphatic carbocycles. The number of halogens is 1. The molecule has 0 radical (unpaired) electrons. The normalized spacial score (nSPS) is 32.5. The number of oxime groups is 1.